The molecule has 2 aliphatic rings. The van der Waals surface area contributed by atoms with Crippen LogP contribution in [0.2, 0.25) is 0 Å². The first-order chi connectivity index (χ1) is 12.1. The number of aliphatic carboxylic acids is 1. The Kier molecular flexibility index (Phi) is 6.93. The molecule has 0 aromatic carbocycles. The van der Waals surface area contributed by atoms with Crippen LogP contribution in [0.4, 0.5) is 0 Å². The molecule has 2 saturated heterocycles. The Bertz CT molecular complexity index is 486. The van der Waals surface area contributed by atoms with E-state index in [2.05, 4.69) is 0 Å². The molecule has 0 amide bonds. The topological polar surface area (TPSA) is 186 Å². The van der Waals surface area contributed by atoms with Crippen molar-refractivity contribution in [2.45, 2.75) is 75.1 Å². The molecule has 2 heterocycles. The van der Waals surface area contributed by atoms with Gasteiger partial charge >= 0.3 is 5.97 Å². The fraction of sp³-hybridized carbons (Fsp3) is 0.933. The smallest absolute Gasteiger partial charge is 0.335 e. The average Bonchev–Trinajstić information content (AvgIpc) is 2.57. The first-order valence-corrected chi connectivity index (χ1v) is 8.30. The van der Waals surface area contributed by atoms with Gasteiger partial charge in [-0.3, -0.25) is 0 Å². The minimum Gasteiger partial charge on any atom is -0.479 e. The summed E-state index contributed by atoms with van der Waals surface area (Å²) in [6.45, 7) is 3.07. The Balaban J connectivity index is 2.03. The second kappa shape index (κ2) is 8.42. The summed E-state index contributed by atoms with van der Waals surface area (Å²) in [4.78, 5) is 11.1. The predicted molar refractivity (Wildman–Crippen MR) is 81.8 cm³/mol. The normalized spacial score (nSPS) is 47.1. The van der Waals surface area contributed by atoms with Crippen LogP contribution in [0.1, 0.15) is 13.8 Å². The molecule has 10 atom stereocenters. The Labute approximate surface area is 149 Å². The van der Waals surface area contributed by atoms with Gasteiger partial charge in [0.2, 0.25) is 0 Å². The predicted octanol–water partition coefficient (Wildman–Crippen LogP) is -3.60. The standard InChI is InChI=1S/C15H26O11/c1-4(2)12-9(19)7(17)6(16)5(25-12)3-24-15-11(21)8(18)10(20)13(26-15)14(22)23/h4-13,15-21H,3H2,1-2H3,(H,22,23)/t5-,6+,7+,8+,9-,10+,11-,12+,13+,15-/m1/s1. The maximum Gasteiger partial charge on any atom is 0.335 e. The quantitative estimate of drug-likeness (QED) is 0.249. The second-order valence-electron chi connectivity index (χ2n) is 6.92. The average molecular weight is 382 g/mol. The minimum absolute atomic E-state index is 0.181. The third-order valence-electron chi connectivity index (χ3n) is 4.64. The molecule has 26 heavy (non-hydrogen) atoms. The Morgan fingerprint density at radius 2 is 1.46 bits per heavy atom. The summed E-state index contributed by atoms with van der Waals surface area (Å²) in [7, 11) is 0. The van der Waals surface area contributed by atoms with Gasteiger partial charge in [0.1, 0.15) is 42.7 Å². The zero-order chi connectivity index (χ0) is 19.8. The van der Waals surface area contributed by atoms with Crippen molar-refractivity contribution >= 4 is 5.97 Å². The van der Waals surface area contributed by atoms with Crippen molar-refractivity contribution < 1.29 is 54.8 Å². The molecule has 7 N–H and O–H groups in total. The SMILES string of the molecule is CC(C)[C@@H]1O[C@H](CO[C@@H]2O[C@H](C(=O)O)[C@@H](O)[C@H](O)[C@H]2O)[C@H](O)[C@H](O)[C@H]1O. The third-order valence-corrected chi connectivity index (χ3v) is 4.64. The van der Waals surface area contributed by atoms with Crippen molar-refractivity contribution in [2.24, 2.45) is 5.92 Å². The monoisotopic (exact) mass is 382 g/mol. The number of aliphatic hydroxyl groups is 6. The minimum atomic E-state index is -1.85. The number of ether oxygens (including phenoxy) is 3. The largest absolute Gasteiger partial charge is 0.479 e. The number of aliphatic hydroxyl groups excluding tert-OH is 6. The summed E-state index contributed by atoms with van der Waals surface area (Å²) in [6, 6.07) is 0. The lowest BCUT2D eigenvalue weighted by molar-refractivity contribution is -0.309. The van der Waals surface area contributed by atoms with Crippen LogP contribution >= 0.6 is 0 Å². The van der Waals surface area contributed by atoms with Crippen LogP contribution in [0, 0.1) is 5.92 Å². The Morgan fingerprint density at radius 3 is 2.00 bits per heavy atom. The van der Waals surface area contributed by atoms with Gasteiger partial charge in [0.25, 0.3) is 0 Å². The van der Waals surface area contributed by atoms with Gasteiger partial charge in [-0.15, -0.1) is 0 Å². The van der Waals surface area contributed by atoms with E-state index in [1.54, 1.807) is 13.8 Å². The third kappa shape index (κ3) is 4.16. The molecule has 0 saturated carbocycles. The Hall–Kier alpha value is -0.890. The van der Waals surface area contributed by atoms with Crippen molar-refractivity contribution in [3.05, 3.63) is 0 Å². The van der Waals surface area contributed by atoms with Crippen LogP contribution in [0.15, 0.2) is 0 Å². The molecule has 2 aliphatic heterocycles. The summed E-state index contributed by atoms with van der Waals surface area (Å²) < 4.78 is 15.7. The maximum atomic E-state index is 11.1. The van der Waals surface area contributed by atoms with Crippen LogP contribution in [0.3, 0.4) is 0 Å². The number of carboxylic acid groups (broad SMARTS) is 1. The molecule has 11 heteroatoms. The number of hydrogen-bond donors (Lipinski definition) is 7. The van der Waals surface area contributed by atoms with Crippen molar-refractivity contribution in [3.63, 3.8) is 0 Å². The Morgan fingerprint density at radius 1 is 0.885 bits per heavy atom. The lowest BCUT2D eigenvalue weighted by Crippen LogP contribution is -2.62. The van der Waals surface area contributed by atoms with Crippen LogP contribution in [-0.4, -0.2) is 110 Å². The van der Waals surface area contributed by atoms with E-state index in [0.29, 0.717) is 0 Å². The fourth-order valence-electron chi connectivity index (χ4n) is 3.05. The van der Waals surface area contributed by atoms with Gasteiger partial charge in [-0.1, -0.05) is 13.8 Å². The summed E-state index contributed by atoms with van der Waals surface area (Å²) in [6.07, 6.45) is -15.0. The molecule has 0 unspecified atom stereocenters. The van der Waals surface area contributed by atoms with Crippen molar-refractivity contribution in [3.8, 4) is 0 Å². The van der Waals surface area contributed by atoms with E-state index in [0.717, 1.165) is 0 Å². The number of rotatable bonds is 5. The molecule has 2 fully saturated rings. The highest BCUT2D eigenvalue weighted by atomic mass is 16.7. The van der Waals surface area contributed by atoms with Gasteiger partial charge in [0.05, 0.1) is 12.7 Å². The molecule has 2 rings (SSSR count). The van der Waals surface area contributed by atoms with Gasteiger partial charge in [-0.25, -0.2) is 4.79 Å². The van der Waals surface area contributed by atoms with Gasteiger partial charge in [-0.2, -0.15) is 0 Å². The van der Waals surface area contributed by atoms with Crippen LogP contribution in [-0.2, 0) is 19.0 Å². The molecule has 152 valence electrons. The van der Waals surface area contributed by atoms with E-state index in [1.807, 2.05) is 0 Å². The summed E-state index contributed by atoms with van der Waals surface area (Å²) >= 11 is 0. The van der Waals surface area contributed by atoms with E-state index >= 15 is 0 Å². The van der Waals surface area contributed by atoms with Crippen molar-refractivity contribution in [1.82, 2.24) is 0 Å². The molecule has 0 aromatic rings. The molecule has 0 aliphatic carbocycles. The number of hydrogen-bond acceptors (Lipinski definition) is 10. The zero-order valence-electron chi connectivity index (χ0n) is 14.3. The molecular weight excluding hydrogens is 356 g/mol. The highest BCUT2D eigenvalue weighted by Crippen LogP contribution is 2.28. The van der Waals surface area contributed by atoms with Gasteiger partial charge in [0.15, 0.2) is 12.4 Å². The molecule has 0 spiro atoms. The van der Waals surface area contributed by atoms with Gasteiger partial charge in [0, 0.05) is 0 Å². The molecule has 0 bridgehead atoms. The zero-order valence-corrected chi connectivity index (χ0v) is 14.3. The van der Waals surface area contributed by atoms with Crippen LogP contribution < -0.4 is 0 Å². The van der Waals surface area contributed by atoms with E-state index in [-0.39, 0.29) is 5.92 Å². The lowest BCUT2D eigenvalue weighted by Gasteiger charge is -2.43. The summed E-state index contributed by atoms with van der Waals surface area (Å²) in [5.41, 5.74) is 0. The van der Waals surface area contributed by atoms with E-state index in [1.165, 1.54) is 0 Å². The molecule has 0 radical (unpaired) electrons. The highest BCUT2D eigenvalue weighted by molar-refractivity contribution is 5.73. The first-order valence-electron chi connectivity index (χ1n) is 8.30. The lowest BCUT2D eigenvalue weighted by atomic mass is 9.89. The molecular formula is C15H26O11. The van der Waals surface area contributed by atoms with Gasteiger partial charge < -0.3 is 50.0 Å². The summed E-state index contributed by atoms with van der Waals surface area (Å²) in [5.74, 6) is -1.73. The molecule has 11 nitrogen and oxygen atoms in total. The van der Waals surface area contributed by atoms with Crippen LogP contribution in [0.25, 0.3) is 0 Å². The molecule has 0 aromatic heterocycles. The van der Waals surface area contributed by atoms with Crippen molar-refractivity contribution in [2.75, 3.05) is 6.61 Å². The fourth-order valence-corrected chi connectivity index (χ4v) is 3.05. The maximum absolute atomic E-state index is 11.1. The van der Waals surface area contributed by atoms with Crippen LogP contribution in [0.5, 0.6) is 0 Å². The number of carbonyl (C=O) groups is 1. The summed E-state index contributed by atoms with van der Waals surface area (Å²) in [5, 5.41) is 68.2. The van der Waals surface area contributed by atoms with Crippen molar-refractivity contribution in [1.29, 1.82) is 0 Å². The van der Waals surface area contributed by atoms with E-state index in [4.69, 9.17) is 19.3 Å². The second-order valence-corrected chi connectivity index (χ2v) is 6.92. The number of carboxylic acids is 1. The highest BCUT2D eigenvalue weighted by Gasteiger charge is 2.49. The first kappa shape index (κ1) is 21.4. The van der Waals surface area contributed by atoms with Gasteiger partial charge in [-0.05, 0) is 5.92 Å². The van der Waals surface area contributed by atoms with E-state index in [9.17, 15) is 35.4 Å². The van der Waals surface area contributed by atoms with E-state index < -0.39 is 73.8 Å².